The molecule has 0 aliphatic heterocycles. The number of amidine groups is 1. The van der Waals surface area contributed by atoms with Gasteiger partial charge in [-0.2, -0.15) is 5.10 Å². The minimum Gasteiger partial charge on any atom is -0.384 e. The number of rotatable bonds is 5. The first kappa shape index (κ1) is 15.9. The number of nitrogens with one attached hydrogen (secondary N) is 1. The zero-order valence-electron chi connectivity index (χ0n) is 13.3. The molecule has 1 aromatic heterocycles. The minimum atomic E-state index is -0.296. The number of hydrogen-bond acceptors (Lipinski definition) is 3. The van der Waals surface area contributed by atoms with Crippen LogP contribution in [0.3, 0.4) is 0 Å². The highest BCUT2D eigenvalue weighted by molar-refractivity contribution is 5.95. The van der Waals surface area contributed by atoms with Crippen LogP contribution in [-0.4, -0.2) is 15.6 Å². The molecule has 0 aliphatic rings. The lowest BCUT2D eigenvalue weighted by atomic mass is 10.0. The van der Waals surface area contributed by atoms with Gasteiger partial charge < -0.3 is 5.73 Å². The van der Waals surface area contributed by atoms with Crippen LogP contribution in [0.1, 0.15) is 36.5 Å². The Balaban J connectivity index is 2.65. The first-order valence-electron chi connectivity index (χ1n) is 7.48. The molecule has 2 aromatic rings. The molecule has 0 unspecified atom stereocenters. The van der Waals surface area contributed by atoms with Gasteiger partial charge in [0, 0.05) is 12.1 Å². The molecule has 5 nitrogen and oxygen atoms in total. The van der Waals surface area contributed by atoms with Crippen LogP contribution in [-0.2, 0) is 6.54 Å². The molecule has 0 saturated heterocycles. The maximum absolute atomic E-state index is 12.3. The van der Waals surface area contributed by atoms with Crippen LogP contribution in [0.15, 0.2) is 29.1 Å². The molecule has 0 saturated carbocycles. The second-order valence-electron chi connectivity index (χ2n) is 5.56. The molecule has 0 fully saturated rings. The lowest BCUT2D eigenvalue weighted by Gasteiger charge is -2.12. The third-order valence-electron chi connectivity index (χ3n) is 3.66. The van der Waals surface area contributed by atoms with E-state index in [2.05, 4.69) is 12.0 Å². The first-order valence-corrected chi connectivity index (χ1v) is 7.48. The topological polar surface area (TPSA) is 84.8 Å². The molecule has 0 aliphatic carbocycles. The van der Waals surface area contributed by atoms with Crippen molar-refractivity contribution in [2.45, 2.75) is 40.2 Å². The highest BCUT2D eigenvalue weighted by atomic mass is 16.1. The molecule has 0 atom stereocenters. The van der Waals surface area contributed by atoms with Gasteiger partial charge in [0.1, 0.15) is 5.84 Å². The van der Waals surface area contributed by atoms with Gasteiger partial charge in [0.2, 0.25) is 0 Å². The summed E-state index contributed by atoms with van der Waals surface area (Å²) in [6, 6.07) is 7.73. The van der Waals surface area contributed by atoms with Crippen LogP contribution in [0.2, 0.25) is 0 Å². The Morgan fingerprint density at radius 2 is 2.05 bits per heavy atom. The van der Waals surface area contributed by atoms with Crippen molar-refractivity contribution < 1.29 is 0 Å². The van der Waals surface area contributed by atoms with Gasteiger partial charge in [-0.05, 0) is 38.0 Å². The molecule has 2 rings (SSSR count). The molecule has 0 amide bonds. The molecule has 1 heterocycles. The van der Waals surface area contributed by atoms with Crippen LogP contribution < -0.4 is 11.3 Å². The normalized spacial score (nSPS) is 10.7. The van der Waals surface area contributed by atoms with Crippen LogP contribution in [0.25, 0.3) is 11.3 Å². The zero-order chi connectivity index (χ0) is 16.3. The maximum atomic E-state index is 12.3. The lowest BCUT2D eigenvalue weighted by molar-refractivity contribution is 0.544. The van der Waals surface area contributed by atoms with Gasteiger partial charge in [0.15, 0.2) is 0 Å². The van der Waals surface area contributed by atoms with Crippen molar-refractivity contribution in [1.82, 2.24) is 9.78 Å². The SMILES string of the molecule is CCCCn1nc(-c2cc(C)ccc2C)cc(C(=N)N)c1=O. The average Bonchev–Trinajstić information content (AvgIpc) is 2.48. The molecule has 0 spiro atoms. The van der Waals surface area contributed by atoms with E-state index in [0.717, 1.165) is 29.5 Å². The number of hydrogen-bond donors (Lipinski definition) is 2. The Bertz CT molecular complexity index is 762. The fourth-order valence-electron chi connectivity index (χ4n) is 2.34. The van der Waals surface area contributed by atoms with E-state index >= 15 is 0 Å². The smallest absolute Gasteiger partial charge is 0.277 e. The summed E-state index contributed by atoms with van der Waals surface area (Å²) in [5.41, 5.74) is 9.33. The number of aromatic nitrogens is 2. The summed E-state index contributed by atoms with van der Waals surface area (Å²) in [6.45, 7) is 6.62. The molecular weight excluding hydrogens is 276 g/mol. The van der Waals surface area contributed by atoms with Crippen LogP contribution in [0, 0.1) is 19.3 Å². The summed E-state index contributed by atoms with van der Waals surface area (Å²) in [6.07, 6.45) is 1.83. The summed E-state index contributed by atoms with van der Waals surface area (Å²) in [7, 11) is 0. The molecule has 5 heteroatoms. The number of unbranched alkanes of at least 4 members (excludes halogenated alkanes) is 1. The predicted molar refractivity (Wildman–Crippen MR) is 89.3 cm³/mol. The van der Waals surface area contributed by atoms with Gasteiger partial charge in [0.25, 0.3) is 5.56 Å². The molecule has 1 aromatic carbocycles. The largest absolute Gasteiger partial charge is 0.384 e. The summed E-state index contributed by atoms with van der Waals surface area (Å²) in [5.74, 6) is -0.218. The van der Waals surface area contributed by atoms with Gasteiger partial charge in [-0.15, -0.1) is 0 Å². The molecular formula is C17H22N4O. The van der Waals surface area contributed by atoms with Gasteiger partial charge in [0.05, 0.1) is 11.3 Å². The van der Waals surface area contributed by atoms with Crippen LogP contribution in [0.5, 0.6) is 0 Å². The second-order valence-corrected chi connectivity index (χ2v) is 5.56. The number of aryl methyl sites for hydroxylation is 3. The zero-order valence-corrected chi connectivity index (χ0v) is 13.3. The highest BCUT2D eigenvalue weighted by Gasteiger charge is 2.13. The summed E-state index contributed by atoms with van der Waals surface area (Å²) in [5, 5.41) is 12.1. The van der Waals surface area contributed by atoms with Crippen molar-refractivity contribution in [3.63, 3.8) is 0 Å². The molecule has 116 valence electrons. The number of nitrogen functional groups attached to an aromatic ring is 1. The Hall–Kier alpha value is -2.43. The van der Waals surface area contributed by atoms with Gasteiger partial charge in [-0.25, -0.2) is 4.68 Å². The Labute approximate surface area is 130 Å². The third-order valence-corrected chi connectivity index (χ3v) is 3.66. The molecule has 0 radical (unpaired) electrons. The van der Waals surface area contributed by atoms with Crippen molar-refractivity contribution in [3.8, 4) is 11.3 Å². The maximum Gasteiger partial charge on any atom is 0.277 e. The Morgan fingerprint density at radius 3 is 2.68 bits per heavy atom. The van der Waals surface area contributed by atoms with E-state index in [0.29, 0.717) is 12.2 Å². The van der Waals surface area contributed by atoms with Crippen molar-refractivity contribution in [2.24, 2.45) is 5.73 Å². The van der Waals surface area contributed by atoms with Gasteiger partial charge in [-0.1, -0.05) is 31.0 Å². The van der Waals surface area contributed by atoms with E-state index in [9.17, 15) is 4.79 Å². The van der Waals surface area contributed by atoms with Crippen LogP contribution in [0.4, 0.5) is 0 Å². The lowest BCUT2D eigenvalue weighted by Crippen LogP contribution is -2.31. The fraction of sp³-hybridized carbons (Fsp3) is 0.353. The van der Waals surface area contributed by atoms with E-state index in [-0.39, 0.29) is 17.0 Å². The van der Waals surface area contributed by atoms with Gasteiger partial charge >= 0.3 is 0 Å². The van der Waals surface area contributed by atoms with Crippen molar-refractivity contribution in [2.75, 3.05) is 0 Å². The third kappa shape index (κ3) is 3.24. The number of nitrogens with zero attached hydrogens (tertiary/aromatic N) is 2. The van der Waals surface area contributed by atoms with E-state index in [1.807, 2.05) is 32.0 Å². The van der Waals surface area contributed by atoms with Crippen molar-refractivity contribution >= 4 is 5.84 Å². The quantitative estimate of drug-likeness (QED) is 0.657. The molecule has 22 heavy (non-hydrogen) atoms. The second kappa shape index (κ2) is 6.56. The number of nitrogens with two attached hydrogens (primary N) is 1. The summed E-state index contributed by atoms with van der Waals surface area (Å²) >= 11 is 0. The first-order chi connectivity index (χ1) is 10.4. The van der Waals surface area contributed by atoms with E-state index in [1.165, 1.54) is 4.68 Å². The van der Waals surface area contributed by atoms with E-state index < -0.39 is 0 Å². The minimum absolute atomic E-state index is 0.210. The Kier molecular flexibility index (Phi) is 4.75. The fourth-order valence-corrected chi connectivity index (χ4v) is 2.34. The molecule has 3 N–H and O–H groups in total. The average molecular weight is 298 g/mol. The van der Waals surface area contributed by atoms with Crippen molar-refractivity contribution in [3.05, 3.63) is 51.3 Å². The monoisotopic (exact) mass is 298 g/mol. The predicted octanol–water partition coefficient (Wildman–Crippen LogP) is 2.61. The highest BCUT2D eigenvalue weighted by Crippen LogP contribution is 2.22. The van der Waals surface area contributed by atoms with Gasteiger partial charge in [-0.3, -0.25) is 10.2 Å². The number of benzene rings is 1. The summed E-state index contributed by atoms with van der Waals surface area (Å²) < 4.78 is 1.43. The van der Waals surface area contributed by atoms with E-state index in [1.54, 1.807) is 6.07 Å². The van der Waals surface area contributed by atoms with Crippen LogP contribution >= 0.6 is 0 Å². The summed E-state index contributed by atoms with van der Waals surface area (Å²) in [4.78, 5) is 12.3. The molecule has 0 bridgehead atoms. The van der Waals surface area contributed by atoms with E-state index in [4.69, 9.17) is 11.1 Å². The Morgan fingerprint density at radius 1 is 1.32 bits per heavy atom. The van der Waals surface area contributed by atoms with Crippen molar-refractivity contribution in [1.29, 1.82) is 5.41 Å². The standard InChI is InChI=1S/C17H22N4O/c1-4-5-8-21-17(22)14(16(18)19)10-15(20-21)13-9-11(2)6-7-12(13)3/h6-7,9-10H,4-5,8H2,1-3H3,(H3,18,19).